The summed E-state index contributed by atoms with van der Waals surface area (Å²) >= 11 is 0. The molecule has 0 aromatic rings. The fourth-order valence-electron chi connectivity index (χ4n) is 3.45. The molecule has 3 unspecified atom stereocenters. The van der Waals surface area contributed by atoms with E-state index in [0.717, 1.165) is 31.6 Å². The molecule has 0 spiro atoms. The molecule has 1 saturated heterocycles. The van der Waals surface area contributed by atoms with Crippen LogP contribution in [0.3, 0.4) is 0 Å². The molecule has 2 rings (SSSR count). The highest BCUT2D eigenvalue weighted by Gasteiger charge is 2.30. The van der Waals surface area contributed by atoms with E-state index in [-0.39, 0.29) is 0 Å². The van der Waals surface area contributed by atoms with Crippen LogP contribution in [0.2, 0.25) is 0 Å². The Morgan fingerprint density at radius 1 is 1.22 bits per heavy atom. The molecule has 2 aliphatic rings. The van der Waals surface area contributed by atoms with E-state index in [2.05, 4.69) is 18.7 Å². The van der Waals surface area contributed by atoms with Crippen molar-refractivity contribution in [3.63, 3.8) is 0 Å². The maximum Gasteiger partial charge on any atom is 0.0593 e. The van der Waals surface area contributed by atoms with Crippen molar-refractivity contribution in [2.45, 2.75) is 45.6 Å². The summed E-state index contributed by atoms with van der Waals surface area (Å²) in [7, 11) is 0. The van der Waals surface area contributed by atoms with Gasteiger partial charge in [-0.25, -0.2) is 0 Å². The van der Waals surface area contributed by atoms with Crippen LogP contribution in [0.5, 0.6) is 0 Å². The van der Waals surface area contributed by atoms with Gasteiger partial charge in [0.2, 0.25) is 0 Å². The van der Waals surface area contributed by atoms with Gasteiger partial charge < -0.3 is 15.4 Å². The molecule has 106 valence electrons. The average Bonchev–Trinajstić information content (AvgIpc) is 2.60. The predicted molar refractivity (Wildman–Crippen MR) is 75.5 cm³/mol. The average molecular weight is 254 g/mol. The van der Waals surface area contributed by atoms with E-state index in [1.165, 1.54) is 38.8 Å². The summed E-state index contributed by atoms with van der Waals surface area (Å²) in [5, 5.41) is 0. The maximum absolute atomic E-state index is 6.34. The van der Waals surface area contributed by atoms with Gasteiger partial charge in [0.25, 0.3) is 0 Å². The molecular weight excluding hydrogens is 224 g/mol. The molecule has 3 heteroatoms. The Kier molecular flexibility index (Phi) is 5.46. The zero-order valence-corrected chi connectivity index (χ0v) is 12.1. The lowest BCUT2D eigenvalue weighted by Gasteiger charge is -2.38. The smallest absolute Gasteiger partial charge is 0.0593 e. The SMILES string of the molecule is CC(C)C1CCC(N)C(CN2CCCOCC2)C1. The summed E-state index contributed by atoms with van der Waals surface area (Å²) in [6, 6.07) is 0.421. The summed E-state index contributed by atoms with van der Waals surface area (Å²) < 4.78 is 5.53. The zero-order valence-electron chi connectivity index (χ0n) is 12.1. The van der Waals surface area contributed by atoms with Crippen LogP contribution in [0.1, 0.15) is 39.5 Å². The Balaban J connectivity index is 1.85. The van der Waals surface area contributed by atoms with Crippen molar-refractivity contribution in [2.75, 3.05) is 32.8 Å². The highest BCUT2D eigenvalue weighted by molar-refractivity contribution is 4.85. The molecule has 1 aliphatic carbocycles. The lowest BCUT2D eigenvalue weighted by molar-refractivity contribution is 0.120. The molecule has 0 aromatic heterocycles. The van der Waals surface area contributed by atoms with E-state index >= 15 is 0 Å². The minimum Gasteiger partial charge on any atom is -0.380 e. The first-order valence-corrected chi connectivity index (χ1v) is 7.72. The number of ether oxygens (including phenoxy) is 1. The second-order valence-electron chi connectivity index (χ2n) is 6.51. The first-order valence-electron chi connectivity index (χ1n) is 7.72. The van der Waals surface area contributed by atoms with E-state index in [9.17, 15) is 0 Å². The van der Waals surface area contributed by atoms with Crippen molar-refractivity contribution in [1.82, 2.24) is 4.90 Å². The van der Waals surface area contributed by atoms with E-state index in [4.69, 9.17) is 10.5 Å². The fourth-order valence-corrected chi connectivity index (χ4v) is 3.45. The number of nitrogens with two attached hydrogens (primary N) is 1. The summed E-state index contributed by atoms with van der Waals surface area (Å²) in [6.07, 6.45) is 5.06. The monoisotopic (exact) mass is 254 g/mol. The van der Waals surface area contributed by atoms with Crippen molar-refractivity contribution in [3.8, 4) is 0 Å². The summed E-state index contributed by atoms with van der Waals surface area (Å²) in [4.78, 5) is 2.57. The van der Waals surface area contributed by atoms with E-state index < -0.39 is 0 Å². The lowest BCUT2D eigenvalue weighted by atomic mass is 9.73. The minimum atomic E-state index is 0.421. The van der Waals surface area contributed by atoms with Gasteiger partial charge in [-0.15, -0.1) is 0 Å². The quantitative estimate of drug-likeness (QED) is 0.838. The molecular formula is C15H30N2O. The topological polar surface area (TPSA) is 38.5 Å². The Morgan fingerprint density at radius 2 is 2.06 bits per heavy atom. The van der Waals surface area contributed by atoms with Gasteiger partial charge in [0.05, 0.1) is 6.61 Å². The van der Waals surface area contributed by atoms with Crippen molar-refractivity contribution in [2.24, 2.45) is 23.5 Å². The second kappa shape index (κ2) is 6.88. The van der Waals surface area contributed by atoms with Gasteiger partial charge in [-0.05, 0) is 43.4 Å². The Labute approximate surface area is 112 Å². The standard InChI is InChI=1S/C15H30N2O/c1-12(2)13-4-5-15(16)14(10-13)11-17-6-3-8-18-9-7-17/h12-15H,3-11,16H2,1-2H3. The van der Waals surface area contributed by atoms with Crippen LogP contribution in [0.25, 0.3) is 0 Å². The van der Waals surface area contributed by atoms with Gasteiger partial charge in [-0.3, -0.25) is 0 Å². The summed E-state index contributed by atoms with van der Waals surface area (Å²) in [5.41, 5.74) is 6.34. The largest absolute Gasteiger partial charge is 0.380 e. The second-order valence-corrected chi connectivity index (χ2v) is 6.51. The van der Waals surface area contributed by atoms with Crippen molar-refractivity contribution < 1.29 is 4.74 Å². The molecule has 0 bridgehead atoms. The van der Waals surface area contributed by atoms with Gasteiger partial charge in [-0.1, -0.05) is 13.8 Å². The van der Waals surface area contributed by atoms with E-state index in [1.54, 1.807) is 0 Å². The molecule has 0 radical (unpaired) electrons. The first kappa shape index (κ1) is 14.3. The number of nitrogens with zero attached hydrogens (tertiary/aromatic N) is 1. The van der Waals surface area contributed by atoms with Gasteiger partial charge >= 0.3 is 0 Å². The highest BCUT2D eigenvalue weighted by atomic mass is 16.5. The van der Waals surface area contributed by atoms with Crippen molar-refractivity contribution in [3.05, 3.63) is 0 Å². The fraction of sp³-hybridized carbons (Fsp3) is 1.00. The third-order valence-corrected chi connectivity index (χ3v) is 4.83. The molecule has 2 N–H and O–H groups in total. The van der Waals surface area contributed by atoms with Crippen LogP contribution in [-0.2, 0) is 4.74 Å². The molecule has 3 nitrogen and oxygen atoms in total. The van der Waals surface area contributed by atoms with Gasteiger partial charge in [-0.2, -0.15) is 0 Å². The first-order chi connectivity index (χ1) is 8.66. The lowest BCUT2D eigenvalue weighted by Crippen LogP contribution is -2.44. The van der Waals surface area contributed by atoms with Crippen molar-refractivity contribution in [1.29, 1.82) is 0 Å². The van der Waals surface area contributed by atoms with E-state index in [1.807, 2.05) is 0 Å². The number of hydrogen-bond donors (Lipinski definition) is 1. The van der Waals surface area contributed by atoms with Crippen LogP contribution < -0.4 is 5.73 Å². The normalized spacial score (nSPS) is 35.7. The molecule has 1 saturated carbocycles. The van der Waals surface area contributed by atoms with Crippen LogP contribution in [-0.4, -0.2) is 43.8 Å². The maximum atomic E-state index is 6.34. The molecule has 18 heavy (non-hydrogen) atoms. The molecule has 0 aromatic carbocycles. The van der Waals surface area contributed by atoms with Crippen LogP contribution in [0, 0.1) is 17.8 Å². The number of hydrogen-bond acceptors (Lipinski definition) is 3. The Hall–Kier alpha value is -0.120. The van der Waals surface area contributed by atoms with Crippen molar-refractivity contribution >= 4 is 0 Å². The van der Waals surface area contributed by atoms with Crippen LogP contribution >= 0.6 is 0 Å². The summed E-state index contributed by atoms with van der Waals surface area (Å²) in [5.74, 6) is 2.40. The van der Waals surface area contributed by atoms with Crippen LogP contribution in [0.4, 0.5) is 0 Å². The van der Waals surface area contributed by atoms with Gasteiger partial charge in [0, 0.05) is 32.3 Å². The molecule has 3 atom stereocenters. The third kappa shape index (κ3) is 3.94. The zero-order chi connectivity index (χ0) is 13.0. The van der Waals surface area contributed by atoms with Gasteiger partial charge in [0.15, 0.2) is 0 Å². The summed E-state index contributed by atoms with van der Waals surface area (Å²) in [6.45, 7) is 10.0. The number of rotatable bonds is 3. The molecule has 1 heterocycles. The van der Waals surface area contributed by atoms with Crippen LogP contribution in [0.15, 0.2) is 0 Å². The molecule has 0 amide bonds. The minimum absolute atomic E-state index is 0.421. The predicted octanol–water partition coefficient (Wildman–Crippen LogP) is 2.11. The molecule has 2 fully saturated rings. The van der Waals surface area contributed by atoms with E-state index in [0.29, 0.717) is 12.0 Å². The van der Waals surface area contributed by atoms with Gasteiger partial charge in [0.1, 0.15) is 0 Å². The Bertz CT molecular complexity index is 237. The Morgan fingerprint density at radius 3 is 2.83 bits per heavy atom. The molecule has 1 aliphatic heterocycles. The third-order valence-electron chi connectivity index (χ3n) is 4.83. The highest BCUT2D eigenvalue weighted by Crippen LogP contribution is 2.33.